The van der Waals surface area contributed by atoms with Gasteiger partial charge < -0.3 is 25.0 Å². The topological polar surface area (TPSA) is 148 Å². The van der Waals surface area contributed by atoms with Gasteiger partial charge in [-0.05, 0) is 48.6 Å². The van der Waals surface area contributed by atoms with Gasteiger partial charge in [0.1, 0.15) is 17.3 Å². The molecular weight excluding hydrogens is 756 g/mol. The summed E-state index contributed by atoms with van der Waals surface area (Å²) in [6.07, 6.45) is -10.3. The lowest BCUT2D eigenvalue weighted by molar-refractivity contribution is -0.193. The van der Waals surface area contributed by atoms with Gasteiger partial charge in [-0.3, -0.25) is 14.2 Å². The van der Waals surface area contributed by atoms with E-state index in [-0.39, 0.29) is 11.9 Å². The molecule has 2 aromatic heterocycles. The van der Waals surface area contributed by atoms with Crippen LogP contribution in [0.1, 0.15) is 30.1 Å². The van der Waals surface area contributed by atoms with Crippen LogP contribution in [0.15, 0.2) is 48.7 Å². The lowest BCUT2D eigenvalue weighted by Gasteiger charge is -2.41. The van der Waals surface area contributed by atoms with Crippen molar-refractivity contribution in [3.05, 3.63) is 65.7 Å². The van der Waals surface area contributed by atoms with Gasteiger partial charge in [-0.2, -0.15) is 39.5 Å². The van der Waals surface area contributed by atoms with E-state index in [0.29, 0.717) is 0 Å². The number of hydrogen-bond acceptors (Lipinski definition) is 8. The van der Waals surface area contributed by atoms with E-state index in [1.165, 1.54) is 24.7 Å². The zero-order valence-corrected chi connectivity index (χ0v) is 28.0. The average molecular weight is 792 g/mol. The summed E-state index contributed by atoms with van der Waals surface area (Å²) in [5.74, 6) is -6.40. The van der Waals surface area contributed by atoms with Crippen molar-refractivity contribution < 1.29 is 78.3 Å². The van der Waals surface area contributed by atoms with Gasteiger partial charge in [-0.15, -0.1) is 0 Å². The van der Waals surface area contributed by atoms with E-state index < -0.39 is 36.4 Å². The molecule has 1 atom stereocenters. The summed E-state index contributed by atoms with van der Waals surface area (Å²) >= 11 is 0. The Morgan fingerprint density at radius 3 is 1.81 bits per heavy atom. The standard InChI is InChI=1S/C26H32FN5O.3C2HF3O2/c27-22-4-1-3-21(15-22)16-29-9-10-31(17-20-7-8-20)24(19-29)23-18-32-25(28-23)5-2-6-26(32)30-11-13-33-14-12-30;3*3-2(4,5)1(6)7/h1-6,15,18,20,24H,7-14,16-17,19H2;3*(H,6,7). The molecule has 3 fully saturated rings. The number of carboxylic acids is 3. The number of pyridine rings is 1. The second kappa shape index (κ2) is 18.6. The van der Waals surface area contributed by atoms with E-state index in [0.717, 1.165) is 81.8 Å². The lowest BCUT2D eigenvalue weighted by Crippen LogP contribution is -2.48. The molecule has 2 saturated heterocycles. The summed E-state index contributed by atoms with van der Waals surface area (Å²) in [4.78, 5) is 39.3. The highest BCUT2D eigenvalue weighted by Gasteiger charge is 2.39. The number of ether oxygens (including phenoxy) is 1. The van der Waals surface area contributed by atoms with Crippen LogP contribution in [0, 0.1) is 11.7 Å². The third kappa shape index (κ3) is 13.9. The number of hydrogen-bond donors (Lipinski definition) is 3. The number of piperazine rings is 1. The molecule has 54 heavy (non-hydrogen) atoms. The van der Waals surface area contributed by atoms with Gasteiger partial charge in [-0.1, -0.05) is 18.2 Å². The van der Waals surface area contributed by atoms with Crippen LogP contribution in [0.25, 0.3) is 5.65 Å². The SMILES string of the molecule is Fc1cccc(CN2CCN(CC3CC3)C(c3cn4c(N5CCOCC5)cccc4n3)C2)c1.O=C(O)C(F)(F)F.O=C(O)C(F)(F)F.O=C(O)C(F)(F)F. The molecule has 1 aliphatic carbocycles. The van der Waals surface area contributed by atoms with Gasteiger partial charge in [0.15, 0.2) is 0 Å². The molecular formula is C32H35F10N5O7. The van der Waals surface area contributed by atoms with Crippen LogP contribution in [-0.2, 0) is 25.7 Å². The van der Waals surface area contributed by atoms with E-state index in [9.17, 15) is 43.9 Å². The minimum absolute atomic E-state index is 0.160. The van der Waals surface area contributed by atoms with Gasteiger partial charge in [0, 0.05) is 52.0 Å². The van der Waals surface area contributed by atoms with Crippen LogP contribution in [0.2, 0.25) is 0 Å². The number of rotatable bonds is 6. The van der Waals surface area contributed by atoms with E-state index in [1.54, 1.807) is 12.1 Å². The predicted octanol–water partition coefficient (Wildman–Crippen LogP) is 5.48. The van der Waals surface area contributed by atoms with Crippen molar-refractivity contribution in [3.8, 4) is 0 Å². The fraction of sp³-hybridized carbons (Fsp3) is 0.500. The first kappa shape index (κ1) is 43.7. The smallest absolute Gasteiger partial charge is 0.475 e. The number of benzene rings is 1. The fourth-order valence-electron chi connectivity index (χ4n) is 5.27. The molecule has 3 N–H and O–H groups in total. The minimum atomic E-state index is -5.08. The maximum absolute atomic E-state index is 13.7. The van der Waals surface area contributed by atoms with Crippen molar-refractivity contribution in [1.82, 2.24) is 19.2 Å². The molecule has 6 rings (SSSR count). The largest absolute Gasteiger partial charge is 0.490 e. The molecule has 0 amide bonds. The second-order valence-electron chi connectivity index (χ2n) is 12.1. The molecule has 300 valence electrons. The Kier molecular flexibility index (Phi) is 15.0. The third-order valence-electron chi connectivity index (χ3n) is 7.95. The lowest BCUT2D eigenvalue weighted by atomic mass is 10.1. The van der Waals surface area contributed by atoms with E-state index in [4.69, 9.17) is 39.4 Å². The quantitative estimate of drug-likeness (QED) is 0.273. The predicted molar refractivity (Wildman–Crippen MR) is 168 cm³/mol. The summed E-state index contributed by atoms with van der Waals surface area (Å²) < 4.78 is 117. The Bertz CT molecular complexity index is 1650. The van der Waals surface area contributed by atoms with Gasteiger partial charge in [0.05, 0.1) is 24.9 Å². The van der Waals surface area contributed by atoms with Crippen LogP contribution in [0.4, 0.5) is 49.7 Å². The highest BCUT2D eigenvalue weighted by Crippen LogP contribution is 2.35. The highest BCUT2D eigenvalue weighted by molar-refractivity contribution is 5.73. The van der Waals surface area contributed by atoms with Crippen molar-refractivity contribution in [1.29, 1.82) is 0 Å². The molecule has 22 heteroatoms. The summed E-state index contributed by atoms with van der Waals surface area (Å²) in [6, 6.07) is 13.7. The number of aromatic nitrogens is 2. The monoisotopic (exact) mass is 791 g/mol. The molecule has 1 saturated carbocycles. The number of fused-ring (bicyclic) bond motifs is 1. The zero-order valence-electron chi connectivity index (χ0n) is 28.0. The number of nitrogens with zero attached hydrogens (tertiary/aromatic N) is 5. The van der Waals surface area contributed by atoms with Crippen LogP contribution in [0.5, 0.6) is 0 Å². The third-order valence-corrected chi connectivity index (χ3v) is 7.95. The first-order chi connectivity index (χ1) is 25.1. The van der Waals surface area contributed by atoms with Gasteiger partial charge in [0.25, 0.3) is 0 Å². The minimum Gasteiger partial charge on any atom is -0.475 e. The fourth-order valence-corrected chi connectivity index (χ4v) is 5.27. The Morgan fingerprint density at radius 2 is 1.31 bits per heavy atom. The summed E-state index contributed by atoms with van der Waals surface area (Å²) in [5, 5.41) is 21.4. The highest BCUT2D eigenvalue weighted by atomic mass is 19.4. The Morgan fingerprint density at radius 1 is 0.778 bits per heavy atom. The van der Waals surface area contributed by atoms with Gasteiger partial charge >= 0.3 is 36.4 Å². The molecule has 12 nitrogen and oxygen atoms in total. The maximum atomic E-state index is 13.7. The number of anilines is 1. The van der Waals surface area contributed by atoms with Crippen LogP contribution >= 0.6 is 0 Å². The van der Waals surface area contributed by atoms with Gasteiger partial charge in [0.2, 0.25) is 0 Å². The van der Waals surface area contributed by atoms with Crippen LogP contribution in [-0.4, -0.2) is 123 Å². The van der Waals surface area contributed by atoms with Crippen molar-refractivity contribution in [2.75, 3.05) is 57.4 Å². The first-order valence-electron chi connectivity index (χ1n) is 16.0. The summed E-state index contributed by atoms with van der Waals surface area (Å²) in [6.45, 7) is 8.24. The number of aliphatic carboxylic acids is 3. The molecule has 4 heterocycles. The Labute approximate surface area is 300 Å². The number of halogens is 10. The van der Waals surface area contributed by atoms with Crippen LogP contribution < -0.4 is 4.90 Å². The second-order valence-corrected chi connectivity index (χ2v) is 12.1. The number of morpholine rings is 1. The molecule has 1 aromatic carbocycles. The molecule has 2 aliphatic heterocycles. The maximum Gasteiger partial charge on any atom is 0.490 e. The van der Waals surface area contributed by atoms with E-state index in [2.05, 4.69) is 43.5 Å². The van der Waals surface area contributed by atoms with Crippen LogP contribution in [0.3, 0.4) is 0 Å². The van der Waals surface area contributed by atoms with Crippen molar-refractivity contribution >= 4 is 29.4 Å². The van der Waals surface area contributed by atoms with Gasteiger partial charge in [-0.25, -0.2) is 23.8 Å². The molecule has 0 radical (unpaired) electrons. The molecule has 0 bridgehead atoms. The average Bonchev–Trinajstić information content (AvgIpc) is 3.79. The summed E-state index contributed by atoms with van der Waals surface area (Å²) in [7, 11) is 0. The number of carbonyl (C=O) groups is 3. The number of imidazole rings is 1. The van der Waals surface area contributed by atoms with Crippen molar-refractivity contribution in [3.63, 3.8) is 0 Å². The molecule has 0 spiro atoms. The van der Waals surface area contributed by atoms with Crippen molar-refractivity contribution in [2.24, 2.45) is 5.92 Å². The molecule has 3 aromatic rings. The number of alkyl halides is 9. The van der Waals surface area contributed by atoms with Crippen molar-refractivity contribution in [2.45, 2.75) is 44.0 Å². The molecule has 1 unspecified atom stereocenters. The molecule has 3 aliphatic rings. The summed E-state index contributed by atoms with van der Waals surface area (Å²) in [5.41, 5.74) is 3.18. The number of carboxylic acid groups (broad SMARTS) is 3. The van der Waals surface area contributed by atoms with E-state index in [1.807, 2.05) is 6.07 Å². The Balaban J connectivity index is 0.000000307. The van der Waals surface area contributed by atoms with E-state index >= 15 is 0 Å². The normalized spacial score (nSPS) is 18.3. The first-order valence-corrected chi connectivity index (χ1v) is 16.0. The Hall–Kier alpha value is -4.70. The zero-order chi connectivity index (χ0) is 40.4.